The summed E-state index contributed by atoms with van der Waals surface area (Å²) < 4.78 is 5.78. The van der Waals surface area contributed by atoms with Gasteiger partial charge in [0, 0.05) is 17.1 Å². The average molecular weight is 228 g/mol. The van der Waals surface area contributed by atoms with Gasteiger partial charge in [0.15, 0.2) is 0 Å². The smallest absolute Gasteiger partial charge is 0.425 e. The second-order valence-corrected chi connectivity index (χ2v) is 3.36. The summed E-state index contributed by atoms with van der Waals surface area (Å²) in [7, 11) is 0. The maximum atomic E-state index is 10.7. The van der Waals surface area contributed by atoms with E-state index < -0.39 is 11.6 Å². The van der Waals surface area contributed by atoms with E-state index in [9.17, 15) is 4.79 Å². The predicted molar refractivity (Wildman–Crippen MR) is 41.2 cm³/mol. The Hall–Kier alpha value is 0.0400. The highest BCUT2D eigenvalue weighted by Gasteiger charge is 2.42. The first-order chi connectivity index (χ1) is 4.60. The zero-order valence-electron chi connectivity index (χ0n) is 5.43. The summed E-state index contributed by atoms with van der Waals surface area (Å²) in [6.07, 6.45) is -0.469. The van der Waals surface area contributed by atoms with Crippen LogP contribution in [-0.2, 0) is 4.74 Å². The van der Waals surface area contributed by atoms with Gasteiger partial charge < -0.3 is 4.74 Å². The minimum absolute atomic E-state index is 0.348. The van der Waals surface area contributed by atoms with E-state index in [-0.39, 0.29) is 0 Å². The van der Waals surface area contributed by atoms with E-state index in [0.717, 1.165) is 4.42 Å². The molecule has 3 nitrogen and oxygen atoms in total. The Kier molecular flexibility index (Phi) is 2.10. The van der Waals surface area contributed by atoms with Crippen LogP contribution in [0, 0.1) is 0 Å². The molecule has 1 heterocycles. The number of hydrogen-bond donors (Lipinski definition) is 0. The minimum Gasteiger partial charge on any atom is -0.446 e. The van der Waals surface area contributed by atoms with Crippen LogP contribution in [0.2, 0.25) is 0 Å². The van der Waals surface area contributed by atoms with Crippen molar-refractivity contribution in [2.45, 2.75) is 12.5 Å². The zero-order chi connectivity index (χ0) is 7.78. The Labute approximate surface area is 72.5 Å². The van der Waals surface area contributed by atoms with Crippen molar-refractivity contribution in [3.8, 4) is 0 Å². The fraction of sp³-hybridized carbons (Fsp3) is 0.800. The summed E-state index contributed by atoms with van der Waals surface area (Å²) >= 11 is 8.84. The number of alkyl halides is 1. The van der Waals surface area contributed by atoms with Gasteiger partial charge in [-0.25, -0.2) is 9.21 Å². The Balaban J connectivity index is 2.73. The van der Waals surface area contributed by atoms with Crippen LogP contribution in [0.5, 0.6) is 0 Å². The van der Waals surface area contributed by atoms with Gasteiger partial charge >= 0.3 is 6.09 Å². The number of rotatable bonds is 1. The first kappa shape index (κ1) is 8.14. The van der Waals surface area contributed by atoms with E-state index in [0.29, 0.717) is 11.9 Å². The van der Waals surface area contributed by atoms with Gasteiger partial charge in [0.1, 0.15) is 12.1 Å². The lowest BCUT2D eigenvalue weighted by atomic mass is 10.1. The average Bonchev–Trinajstić information content (AvgIpc) is 2.19. The number of carbonyl (C=O) groups is 1. The lowest BCUT2D eigenvalue weighted by Gasteiger charge is -2.22. The van der Waals surface area contributed by atoms with Gasteiger partial charge in [-0.1, -0.05) is 15.9 Å². The fourth-order valence-electron chi connectivity index (χ4n) is 0.642. The second kappa shape index (κ2) is 2.58. The molecule has 1 fully saturated rings. The lowest BCUT2D eigenvalue weighted by molar-refractivity contribution is 0.170. The molecule has 1 amide bonds. The highest BCUT2D eigenvalue weighted by Crippen LogP contribution is 2.27. The van der Waals surface area contributed by atoms with Crippen LogP contribution in [0.25, 0.3) is 0 Å². The molecule has 10 heavy (non-hydrogen) atoms. The molecule has 1 aliphatic rings. The number of halogens is 2. The number of carbonyl (C=O) groups excluding carboxylic acids is 1. The van der Waals surface area contributed by atoms with Crippen molar-refractivity contribution < 1.29 is 9.53 Å². The number of nitrogens with zero attached hydrogens (tertiary/aromatic N) is 1. The molecule has 0 aliphatic carbocycles. The molecule has 0 N–H and O–H groups in total. The topological polar surface area (TPSA) is 29.5 Å². The molecule has 1 rings (SSSR count). The molecule has 58 valence electrons. The van der Waals surface area contributed by atoms with Crippen molar-refractivity contribution in [2.75, 3.05) is 11.9 Å². The van der Waals surface area contributed by atoms with Crippen molar-refractivity contribution in [1.82, 2.24) is 4.42 Å². The van der Waals surface area contributed by atoms with E-state index in [1.807, 2.05) is 6.92 Å². The molecule has 5 heteroatoms. The van der Waals surface area contributed by atoms with E-state index in [1.54, 1.807) is 0 Å². The summed E-state index contributed by atoms with van der Waals surface area (Å²) in [5.74, 6) is 0. The van der Waals surface area contributed by atoms with Crippen LogP contribution in [0.3, 0.4) is 0 Å². The molecule has 0 unspecified atom stereocenters. The zero-order valence-corrected chi connectivity index (χ0v) is 7.78. The molecular formula is C5H7BrClNO2. The van der Waals surface area contributed by atoms with Crippen LogP contribution in [0.1, 0.15) is 6.92 Å². The van der Waals surface area contributed by atoms with Gasteiger partial charge in [0.25, 0.3) is 0 Å². The summed E-state index contributed by atoms with van der Waals surface area (Å²) in [5, 5.41) is 0.620. The van der Waals surface area contributed by atoms with Crippen LogP contribution in [-0.4, -0.2) is 28.0 Å². The molecule has 1 atom stereocenters. The summed E-state index contributed by atoms with van der Waals surface area (Å²) in [4.78, 5) is 10.7. The van der Waals surface area contributed by atoms with Gasteiger partial charge in [-0.3, -0.25) is 0 Å². The molecule has 0 aromatic heterocycles. The van der Waals surface area contributed by atoms with Gasteiger partial charge in [-0.05, 0) is 6.92 Å². The van der Waals surface area contributed by atoms with Crippen molar-refractivity contribution >= 4 is 33.8 Å². The minimum atomic E-state index is -0.469. The molecule has 0 radical (unpaired) electrons. The van der Waals surface area contributed by atoms with E-state index in [1.165, 1.54) is 0 Å². The van der Waals surface area contributed by atoms with Crippen LogP contribution in [0.4, 0.5) is 4.79 Å². The van der Waals surface area contributed by atoms with E-state index in [4.69, 9.17) is 16.5 Å². The first-order valence-electron chi connectivity index (χ1n) is 2.79. The third-order valence-corrected chi connectivity index (χ3v) is 3.18. The quantitative estimate of drug-likeness (QED) is 0.505. The predicted octanol–water partition coefficient (Wildman–Crippen LogP) is 1.75. The molecule has 0 aromatic rings. The Morgan fingerprint density at radius 3 is 2.80 bits per heavy atom. The lowest BCUT2D eigenvalue weighted by Crippen LogP contribution is -2.39. The van der Waals surface area contributed by atoms with Gasteiger partial charge in [0.05, 0.1) is 0 Å². The Morgan fingerprint density at radius 2 is 2.60 bits per heavy atom. The van der Waals surface area contributed by atoms with E-state index in [2.05, 4.69) is 15.9 Å². The van der Waals surface area contributed by atoms with Crippen LogP contribution >= 0.6 is 27.7 Å². The molecule has 0 saturated carbocycles. The number of hydrogen-bond acceptors (Lipinski definition) is 2. The maximum absolute atomic E-state index is 10.7. The second-order valence-electron chi connectivity index (χ2n) is 2.47. The van der Waals surface area contributed by atoms with Gasteiger partial charge in [-0.15, -0.1) is 0 Å². The summed E-state index contributed by atoms with van der Waals surface area (Å²) in [6.45, 7) is 2.19. The molecule has 0 aromatic carbocycles. The monoisotopic (exact) mass is 227 g/mol. The Morgan fingerprint density at radius 1 is 2.00 bits per heavy atom. The number of ether oxygens (including phenoxy) is 1. The first-order valence-corrected chi connectivity index (χ1v) is 4.25. The van der Waals surface area contributed by atoms with Gasteiger partial charge in [0.2, 0.25) is 0 Å². The SMILES string of the molecule is C[C@@]1(CBr)COC(=O)N1Cl. The standard InChI is InChI=1S/C5H7BrClNO2/c1-5(2-6)3-10-4(9)8(5)7/h2-3H2,1H3/t5-/m1/s1. The Bertz CT molecular complexity index is 166. The number of cyclic esters (lactones) is 1. The molecule has 1 saturated heterocycles. The third-order valence-electron chi connectivity index (χ3n) is 1.43. The van der Waals surface area contributed by atoms with Crippen molar-refractivity contribution in [1.29, 1.82) is 0 Å². The molecular weight excluding hydrogens is 221 g/mol. The number of amides is 1. The molecule has 1 aliphatic heterocycles. The molecule has 0 bridgehead atoms. The fourth-order valence-corrected chi connectivity index (χ4v) is 1.36. The normalized spacial score (nSPS) is 32.7. The maximum Gasteiger partial charge on any atom is 0.425 e. The van der Waals surface area contributed by atoms with Crippen LogP contribution < -0.4 is 0 Å². The summed E-state index contributed by atoms with van der Waals surface area (Å²) in [6, 6.07) is 0. The van der Waals surface area contributed by atoms with E-state index >= 15 is 0 Å². The van der Waals surface area contributed by atoms with Crippen molar-refractivity contribution in [3.05, 3.63) is 0 Å². The summed E-state index contributed by atoms with van der Waals surface area (Å²) in [5.41, 5.74) is -0.390. The highest BCUT2D eigenvalue weighted by atomic mass is 79.9. The van der Waals surface area contributed by atoms with Crippen molar-refractivity contribution in [3.63, 3.8) is 0 Å². The largest absolute Gasteiger partial charge is 0.446 e. The highest BCUT2D eigenvalue weighted by molar-refractivity contribution is 9.09. The third kappa shape index (κ3) is 1.10. The van der Waals surface area contributed by atoms with Crippen LogP contribution in [0.15, 0.2) is 0 Å². The molecule has 0 spiro atoms. The van der Waals surface area contributed by atoms with Crippen molar-refractivity contribution in [2.24, 2.45) is 0 Å². The van der Waals surface area contributed by atoms with Gasteiger partial charge in [-0.2, -0.15) is 0 Å².